The molecule has 2 atom stereocenters. The number of para-hydroxylation sites is 1. The molecule has 0 spiro atoms. The van der Waals surface area contributed by atoms with E-state index in [1.807, 2.05) is 12.1 Å². The molecule has 2 aromatic rings. The zero-order valence-electron chi connectivity index (χ0n) is 18.4. The second-order valence-electron chi connectivity index (χ2n) is 8.35. The van der Waals surface area contributed by atoms with E-state index in [9.17, 15) is 19.2 Å². The van der Waals surface area contributed by atoms with Crippen LogP contribution in [0.3, 0.4) is 0 Å². The summed E-state index contributed by atoms with van der Waals surface area (Å²) in [5.41, 5.74) is 1.43. The van der Waals surface area contributed by atoms with E-state index in [-0.39, 0.29) is 19.0 Å². The average Bonchev–Trinajstić information content (AvgIpc) is 3.59. The first-order valence-corrected chi connectivity index (χ1v) is 11.1. The normalized spacial score (nSPS) is 18.2. The number of nitrogens with one attached hydrogen (secondary N) is 4. The van der Waals surface area contributed by atoms with Gasteiger partial charge in [-0.2, -0.15) is 5.21 Å². The fourth-order valence-electron chi connectivity index (χ4n) is 4.62. The zero-order valence-corrected chi connectivity index (χ0v) is 18.4. The Bertz CT molecular complexity index is 1050. The largest absolute Gasteiger partial charge is 0.465 e. The van der Waals surface area contributed by atoms with Crippen molar-refractivity contribution in [2.75, 3.05) is 11.4 Å². The van der Waals surface area contributed by atoms with Crippen molar-refractivity contribution in [3.05, 3.63) is 35.7 Å². The Morgan fingerprint density at radius 1 is 1.15 bits per heavy atom. The van der Waals surface area contributed by atoms with E-state index >= 15 is 0 Å². The molecule has 1 unspecified atom stereocenters. The molecule has 180 valence electrons. The Hall–Kier alpha value is -4.03. The van der Waals surface area contributed by atoms with Gasteiger partial charge in [0, 0.05) is 12.1 Å². The van der Waals surface area contributed by atoms with E-state index in [2.05, 4.69) is 36.6 Å². The van der Waals surface area contributed by atoms with Crippen LogP contribution in [-0.2, 0) is 27.3 Å². The Kier molecular flexibility index (Phi) is 6.99. The Morgan fingerprint density at radius 3 is 2.62 bits per heavy atom. The third kappa shape index (κ3) is 5.13. The summed E-state index contributed by atoms with van der Waals surface area (Å²) in [6.07, 6.45) is 2.38. The van der Waals surface area contributed by atoms with Gasteiger partial charge in [-0.05, 0) is 30.4 Å². The Labute approximate surface area is 194 Å². The number of amides is 4. The topological polar surface area (TPSA) is 182 Å². The summed E-state index contributed by atoms with van der Waals surface area (Å²) in [5.74, 6) is -1.22. The maximum atomic E-state index is 13.2. The summed E-state index contributed by atoms with van der Waals surface area (Å²) >= 11 is 0. The molecule has 13 heteroatoms. The van der Waals surface area contributed by atoms with Crippen molar-refractivity contribution in [2.45, 2.75) is 50.7 Å². The van der Waals surface area contributed by atoms with E-state index < -0.39 is 35.9 Å². The molecule has 13 nitrogen and oxygen atoms in total. The van der Waals surface area contributed by atoms with Crippen molar-refractivity contribution >= 4 is 29.5 Å². The first-order chi connectivity index (χ1) is 16.4. The van der Waals surface area contributed by atoms with Crippen LogP contribution in [0.25, 0.3) is 0 Å². The van der Waals surface area contributed by atoms with Crippen LogP contribution in [0.15, 0.2) is 24.3 Å². The molecule has 4 amide bonds. The first-order valence-electron chi connectivity index (χ1n) is 11.1. The molecule has 0 bridgehead atoms. The van der Waals surface area contributed by atoms with Crippen LogP contribution in [0.1, 0.15) is 37.1 Å². The number of anilines is 1. The number of carboxylic acid groups (broad SMARTS) is 1. The lowest BCUT2D eigenvalue weighted by Crippen LogP contribution is -2.54. The highest BCUT2D eigenvalue weighted by atomic mass is 16.4. The molecular weight excluding hydrogens is 444 g/mol. The number of nitrogens with zero attached hydrogens (tertiary/aromatic N) is 4. The van der Waals surface area contributed by atoms with Crippen molar-refractivity contribution in [1.29, 1.82) is 0 Å². The molecule has 1 aliphatic carbocycles. The van der Waals surface area contributed by atoms with E-state index in [4.69, 9.17) is 5.11 Å². The lowest BCUT2D eigenvalue weighted by Gasteiger charge is -2.26. The number of hydrogen-bond acceptors (Lipinski definition) is 7. The molecular formula is C21H26N8O5. The number of rotatable bonds is 8. The van der Waals surface area contributed by atoms with E-state index in [1.54, 1.807) is 12.1 Å². The maximum absolute atomic E-state index is 13.2. The summed E-state index contributed by atoms with van der Waals surface area (Å²) in [4.78, 5) is 51.4. The van der Waals surface area contributed by atoms with Gasteiger partial charge in [0.05, 0.1) is 13.1 Å². The van der Waals surface area contributed by atoms with Crippen LogP contribution in [0.5, 0.6) is 0 Å². The summed E-state index contributed by atoms with van der Waals surface area (Å²) in [7, 11) is 0. The standard InChI is InChI=1S/C21H26N8O5/c30-17(11-23-20(32)18(24-21(33)34)12-5-1-2-6-12)29-14-8-4-3-7-13(14)9-15(29)19(31)22-10-16-25-27-28-26-16/h3-4,7-8,12,15,18,24H,1-2,5-6,9-11H2,(H,22,31)(H,23,32)(H,33,34)(H,25,26,27,28)/t15?,18-/m0/s1. The number of carbonyl (C=O) groups is 4. The highest BCUT2D eigenvalue weighted by Crippen LogP contribution is 2.32. The van der Waals surface area contributed by atoms with Crippen LogP contribution in [-0.4, -0.2) is 68.2 Å². The van der Waals surface area contributed by atoms with Gasteiger partial charge in [-0.3, -0.25) is 19.3 Å². The fraction of sp³-hybridized carbons (Fsp3) is 0.476. The fourth-order valence-corrected chi connectivity index (χ4v) is 4.62. The van der Waals surface area contributed by atoms with Crippen LogP contribution >= 0.6 is 0 Å². The molecule has 4 rings (SSSR count). The van der Waals surface area contributed by atoms with E-state index in [1.165, 1.54) is 4.90 Å². The summed E-state index contributed by atoms with van der Waals surface area (Å²) < 4.78 is 0. The smallest absolute Gasteiger partial charge is 0.405 e. The number of H-pyrrole nitrogens is 1. The van der Waals surface area contributed by atoms with Gasteiger partial charge in [0.2, 0.25) is 17.7 Å². The number of aromatic amines is 1. The summed E-state index contributed by atoms with van der Waals surface area (Å²) in [6.45, 7) is -0.322. The van der Waals surface area contributed by atoms with E-state index in [0.717, 1.165) is 31.2 Å². The third-order valence-electron chi connectivity index (χ3n) is 6.20. The van der Waals surface area contributed by atoms with Gasteiger partial charge in [0.15, 0.2) is 5.82 Å². The van der Waals surface area contributed by atoms with Gasteiger partial charge in [0.25, 0.3) is 0 Å². The Balaban J connectivity index is 1.43. The molecule has 2 aliphatic rings. The molecule has 1 aromatic heterocycles. The first kappa shape index (κ1) is 23.1. The van der Waals surface area contributed by atoms with Crippen molar-refractivity contribution in [3.63, 3.8) is 0 Å². The van der Waals surface area contributed by atoms with Crippen LogP contribution in [0, 0.1) is 5.92 Å². The van der Waals surface area contributed by atoms with Crippen molar-refractivity contribution in [3.8, 4) is 0 Å². The number of hydrogen-bond donors (Lipinski definition) is 5. The van der Waals surface area contributed by atoms with Crippen molar-refractivity contribution in [2.24, 2.45) is 5.92 Å². The molecule has 1 aliphatic heterocycles. The monoisotopic (exact) mass is 470 g/mol. The van der Waals surface area contributed by atoms with Crippen LogP contribution < -0.4 is 20.9 Å². The molecule has 34 heavy (non-hydrogen) atoms. The number of benzene rings is 1. The minimum Gasteiger partial charge on any atom is -0.465 e. The molecule has 2 heterocycles. The van der Waals surface area contributed by atoms with Gasteiger partial charge in [0.1, 0.15) is 12.1 Å². The van der Waals surface area contributed by atoms with Crippen LogP contribution in [0.2, 0.25) is 0 Å². The van der Waals surface area contributed by atoms with Gasteiger partial charge in [-0.15, -0.1) is 10.2 Å². The second-order valence-corrected chi connectivity index (χ2v) is 8.35. The Morgan fingerprint density at radius 2 is 1.91 bits per heavy atom. The average molecular weight is 470 g/mol. The summed E-state index contributed by atoms with van der Waals surface area (Å²) in [5, 5.41) is 30.0. The van der Waals surface area contributed by atoms with Crippen LogP contribution in [0.4, 0.5) is 10.5 Å². The number of carbonyl (C=O) groups excluding carboxylic acids is 3. The quantitative estimate of drug-likeness (QED) is 0.349. The number of fused-ring (bicyclic) bond motifs is 1. The van der Waals surface area contributed by atoms with Gasteiger partial charge in [-0.25, -0.2) is 4.79 Å². The predicted octanol–water partition coefficient (Wildman–Crippen LogP) is -0.284. The van der Waals surface area contributed by atoms with Gasteiger partial charge < -0.3 is 21.1 Å². The SMILES string of the molecule is O=C(O)N[C@H](C(=O)NCC(=O)N1c2ccccc2CC1C(=O)NCc1nn[nH]n1)C1CCCC1. The summed E-state index contributed by atoms with van der Waals surface area (Å²) in [6, 6.07) is 5.45. The number of aromatic nitrogens is 4. The minimum atomic E-state index is -1.29. The van der Waals surface area contributed by atoms with Gasteiger partial charge in [-0.1, -0.05) is 36.3 Å². The maximum Gasteiger partial charge on any atom is 0.405 e. The highest BCUT2D eigenvalue weighted by Gasteiger charge is 2.39. The third-order valence-corrected chi connectivity index (χ3v) is 6.20. The minimum absolute atomic E-state index is 0.0465. The molecule has 5 N–H and O–H groups in total. The lowest BCUT2D eigenvalue weighted by atomic mass is 9.97. The highest BCUT2D eigenvalue weighted by molar-refractivity contribution is 6.05. The van der Waals surface area contributed by atoms with E-state index in [0.29, 0.717) is 17.9 Å². The number of tetrazole rings is 1. The van der Waals surface area contributed by atoms with Gasteiger partial charge >= 0.3 is 6.09 Å². The molecule has 1 fully saturated rings. The molecule has 0 radical (unpaired) electrons. The predicted molar refractivity (Wildman–Crippen MR) is 117 cm³/mol. The van der Waals surface area contributed by atoms with Crippen molar-refractivity contribution in [1.82, 2.24) is 36.6 Å². The second kappa shape index (κ2) is 10.3. The molecule has 1 aromatic carbocycles. The molecule has 1 saturated carbocycles. The zero-order chi connectivity index (χ0) is 24.1. The lowest BCUT2D eigenvalue weighted by molar-refractivity contribution is -0.128. The van der Waals surface area contributed by atoms with Crippen molar-refractivity contribution < 1.29 is 24.3 Å². The molecule has 0 saturated heterocycles.